The zero-order valence-corrected chi connectivity index (χ0v) is 9.94. The summed E-state index contributed by atoms with van der Waals surface area (Å²) in [6.45, 7) is 0. The van der Waals surface area contributed by atoms with Crippen LogP contribution in [0.25, 0.3) is 10.8 Å². The number of pyridine rings is 1. The number of fused-ring (bicyclic) bond motifs is 1. The highest BCUT2D eigenvalue weighted by Gasteiger charge is 1.98. The van der Waals surface area contributed by atoms with Gasteiger partial charge in [-0.1, -0.05) is 17.7 Å². The van der Waals surface area contributed by atoms with Gasteiger partial charge in [0, 0.05) is 23.5 Å². The lowest BCUT2D eigenvalue weighted by Crippen LogP contribution is -1.90. The first-order valence-corrected chi connectivity index (χ1v) is 5.43. The van der Waals surface area contributed by atoms with E-state index in [1.165, 1.54) is 6.20 Å². The van der Waals surface area contributed by atoms with Gasteiger partial charge in [0.15, 0.2) is 0 Å². The van der Waals surface area contributed by atoms with Crippen LogP contribution in [0.4, 0.5) is 5.69 Å². The number of halogens is 1. The van der Waals surface area contributed by atoms with E-state index in [9.17, 15) is 0 Å². The van der Waals surface area contributed by atoms with Crippen molar-refractivity contribution in [3.63, 3.8) is 0 Å². The quantitative estimate of drug-likeness (QED) is 0.660. The molecular weight excluding hydrogens is 248 g/mol. The minimum Gasteiger partial charge on any atom is -0.360 e. The van der Waals surface area contributed by atoms with E-state index >= 15 is 0 Å². The molecule has 4 nitrogen and oxygen atoms in total. The highest BCUT2D eigenvalue weighted by molar-refractivity contribution is 6.30. The number of benzene rings is 1. The van der Waals surface area contributed by atoms with Crippen LogP contribution in [0.1, 0.15) is 0 Å². The summed E-state index contributed by atoms with van der Waals surface area (Å²) in [5, 5.41) is 22.4. The maximum absolute atomic E-state index is 8.60. The molecule has 86 valence electrons. The first-order valence-electron chi connectivity index (χ1n) is 5.05. The topological polar surface area (TPSA) is 72.5 Å². The molecule has 1 aromatic carbocycles. The fraction of sp³-hybridized carbons (Fsp3) is 0. The number of rotatable bonds is 2. The van der Waals surface area contributed by atoms with Crippen LogP contribution in [-0.2, 0) is 0 Å². The molecule has 0 fully saturated rings. The van der Waals surface area contributed by atoms with Crippen LogP contribution in [0.3, 0.4) is 0 Å². The summed E-state index contributed by atoms with van der Waals surface area (Å²) in [5.41, 5.74) is 0.791. The summed E-state index contributed by atoms with van der Waals surface area (Å²) in [6, 6.07) is 10.9. The molecule has 0 saturated carbocycles. The fourth-order valence-corrected chi connectivity index (χ4v) is 1.62. The number of hydrogen-bond donors (Lipinski definition) is 1. The minimum atomic E-state index is 0.0179. The van der Waals surface area contributed by atoms with Crippen molar-refractivity contribution >= 4 is 28.1 Å². The average molecular weight is 255 g/mol. The molecule has 0 aliphatic rings. The third-order valence-electron chi connectivity index (χ3n) is 2.31. The molecule has 0 unspecified atom stereocenters. The summed E-state index contributed by atoms with van der Waals surface area (Å²) in [5.74, 6) is 0. The highest BCUT2D eigenvalue weighted by atomic mass is 35.5. The van der Waals surface area contributed by atoms with Gasteiger partial charge in [0.2, 0.25) is 0 Å². The van der Waals surface area contributed by atoms with Crippen molar-refractivity contribution in [2.75, 3.05) is 5.32 Å². The number of hydrogen-bond acceptors (Lipinski definition) is 4. The smallest absolute Gasteiger partial charge is 0.145 e. The molecular formula is C13H7ClN4. The largest absolute Gasteiger partial charge is 0.360 e. The van der Waals surface area contributed by atoms with E-state index < -0.39 is 0 Å². The van der Waals surface area contributed by atoms with Crippen LogP contribution in [-0.4, -0.2) is 4.98 Å². The number of aromatic nitrogens is 1. The van der Waals surface area contributed by atoms with Crippen LogP contribution in [0, 0.1) is 22.7 Å². The van der Waals surface area contributed by atoms with Gasteiger partial charge in [0.05, 0.1) is 0 Å². The Kier molecular flexibility index (Phi) is 3.43. The first kappa shape index (κ1) is 11.9. The van der Waals surface area contributed by atoms with Gasteiger partial charge >= 0.3 is 0 Å². The molecule has 1 aromatic heterocycles. The van der Waals surface area contributed by atoms with Crippen LogP contribution < -0.4 is 5.32 Å². The van der Waals surface area contributed by atoms with Crippen LogP contribution >= 0.6 is 11.6 Å². The minimum absolute atomic E-state index is 0.0179. The van der Waals surface area contributed by atoms with Gasteiger partial charge in [-0.2, -0.15) is 10.5 Å². The standard InChI is InChI=1S/C13H7ClN4/c14-13-4-10-1-2-12(3-11(10)8-18-13)17-7-9(5-15)6-16/h1-4,7-8,17H. The van der Waals surface area contributed by atoms with E-state index in [2.05, 4.69) is 10.3 Å². The molecule has 0 amide bonds. The third-order valence-corrected chi connectivity index (χ3v) is 2.52. The first-order chi connectivity index (χ1) is 8.72. The van der Waals surface area contributed by atoms with Crippen LogP contribution in [0.15, 0.2) is 42.2 Å². The second kappa shape index (κ2) is 5.18. The zero-order chi connectivity index (χ0) is 13.0. The number of nitriles is 2. The molecule has 0 radical (unpaired) electrons. The molecule has 0 aliphatic carbocycles. The Hall–Kier alpha value is -2.56. The van der Waals surface area contributed by atoms with Crippen molar-refractivity contribution in [1.82, 2.24) is 4.98 Å². The highest BCUT2D eigenvalue weighted by Crippen LogP contribution is 2.20. The van der Waals surface area contributed by atoms with Gasteiger partial charge in [-0.15, -0.1) is 0 Å². The van der Waals surface area contributed by atoms with Gasteiger partial charge in [-0.3, -0.25) is 0 Å². The summed E-state index contributed by atoms with van der Waals surface area (Å²) < 4.78 is 0. The van der Waals surface area contributed by atoms with E-state index in [-0.39, 0.29) is 5.57 Å². The van der Waals surface area contributed by atoms with Crippen molar-refractivity contribution in [3.8, 4) is 12.1 Å². The van der Waals surface area contributed by atoms with Crippen molar-refractivity contribution in [2.45, 2.75) is 0 Å². The SMILES string of the molecule is N#CC(C#N)=CNc1ccc2cc(Cl)ncc2c1. The number of allylic oxidation sites excluding steroid dienone is 1. The van der Waals surface area contributed by atoms with Gasteiger partial charge in [0.25, 0.3) is 0 Å². The molecule has 2 aromatic rings. The molecule has 0 saturated heterocycles. The van der Waals surface area contributed by atoms with Gasteiger partial charge in [-0.25, -0.2) is 4.98 Å². The summed E-state index contributed by atoms with van der Waals surface area (Å²) in [7, 11) is 0. The number of nitrogens with zero attached hydrogens (tertiary/aromatic N) is 3. The Bertz CT molecular complexity index is 691. The lowest BCUT2D eigenvalue weighted by Gasteiger charge is -2.03. The van der Waals surface area contributed by atoms with E-state index in [0.29, 0.717) is 5.15 Å². The second-order valence-corrected chi connectivity index (χ2v) is 3.88. The van der Waals surface area contributed by atoms with Crippen molar-refractivity contribution < 1.29 is 0 Å². The lowest BCUT2D eigenvalue weighted by atomic mass is 10.1. The Morgan fingerprint density at radius 2 is 2.00 bits per heavy atom. The summed E-state index contributed by atoms with van der Waals surface area (Å²) in [6.07, 6.45) is 3.03. The lowest BCUT2D eigenvalue weighted by molar-refractivity contribution is 1.36. The monoisotopic (exact) mass is 254 g/mol. The fourth-order valence-electron chi connectivity index (χ4n) is 1.45. The van der Waals surface area contributed by atoms with Gasteiger partial charge in [0.1, 0.15) is 22.9 Å². The van der Waals surface area contributed by atoms with Crippen LogP contribution in [0.2, 0.25) is 5.15 Å². The van der Waals surface area contributed by atoms with E-state index in [0.717, 1.165) is 16.5 Å². The van der Waals surface area contributed by atoms with E-state index in [1.807, 2.05) is 18.2 Å². The third kappa shape index (κ3) is 2.57. The molecule has 0 spiro atoms. The second-order valence-electron chi connectivity index (χ2n) is 3.49. The van der Waals surface area contributed by atoms with Crippen molar-refractivity contribution in [3.05, 3.63) is 47.4 Å². The maximum Gasteiger partial charge on any atom is 0.145 e. The number of anilines is 1. The Morgan fingerprint density at radius 3 is 2.72 bits per heavy atom. The Balaban J connectivity index is 2.32. The predicted molar refractivity (Wildman–Crippen MR) is 69.7 cm³/mol. The van der Waals surface area contributed by atoms with Crippen LogP contribution in [0.5, 0.6) is 0 Å². The Labute approximate surface area is 109 Å². The molecule has 2 rings (SSSR count). The molecule has 0 atom stereocenters. The number of nitrogens with one attached hydrogen (secondary N) is 1. The van der Waals surface area contributed by atoms with E-state index in [4.69, 9.17) is 22.1 Å². The van der Waals surface area contributed by atoms with Gasteiger partial charge in [-0.05, 0) is 23.6 Å². The predicted octanol–water partition coefficient (Wildman–Crippen LogP) is 3.23. The summed E-state index contributed by atoms with van der Waals surface area (Å²) in [4.78, 5) is 3.99. The summed E-state index contributed by atoms with van der Waals surface area (Å²) >= 11 is 5.79. The normalized spacial score (nSPS) is 9.28. The van der Waals surface area contributed by atoms with Crippen molar-refractivity contribution in [2.24, 2.45) is 0 Å². The molecule has 1 N–H and O–H groups in total. The van der Waals surface area contributed by atoms with Crippen molar-refractivity contribution in [1.29, 1.82) is 10.5 Å². The van der Waals surface area contributed by atoms with E-state index in [1.54, 1.807) is 24.4 Å². The Morgan fingerprint density at radius 1 is 1.22 bits per heavy atom. The average Bonchev–Trinajstić information content (AvgIpc) is 2.40. The molecule has 0 bridgehead atoms. The molecule has 18 heavy (non-hydrogen) atoms. The maximum atomic E-state index is 8.60. The molecule has 1 heterocycles. The van der Waals surface area contributed by atoms with Gasteiger partial charge < -0.3 is 5.32 Å². The zero-order valence-electron chi connectivity index (χ0n) is 9.18. The molecule has 5 heteroatoms. The molecule has 0 aliphatic heterocycles.